The van der Waals surface area contributed by atoms with Crippen molar-refractivity contribution in [2.75, 3.05) is 12.3 Å². The molecule has 0 fully saturated rings. The molecule has 14 heteroatoms. The van der Waals surface area contributed by atoms with E-state index in [0.29, 0.717) is 0 Å². The van der Waals surface area contributed by atoms with Crippen molar-refractivity contribution in [2.24, 2.45) is 0 Å². The van der Waals surface area contributed by atoms with Crippen molar-refractivity contribution in [3.05, 3.63) is 0 Å². The van der Waals surface area contributed by atoms with E-state index in [9.17, 15) is 52.9 Å². The molecule has 0 spiro atoms. The summed E-state index contributed by atoms with van der Waals surface area (Å²) in [7, 11) is -6.40. The molecule has 0 aromatic carbocycles. The van der Waals surface area contributed by atoms with Gasteiger partial charge in [-0.2, -0.15) is 48.3 Å². The van der Waals surface area contributed by atoms with E-state index >= 15 is 0 Å². The van der Waals surface area contributed by atoms with Gasteiger partial charge in [0.05, 0.1) is 0 Å². The molecule has 0 unspecified atom stereocenters. The van der Waals surface area contributed by atoms with Gasteiger partial charge in [-0.15, -0.1) is 0 Å². The fraction of sp³-hybridized carbons (Fsp3) is 1.00. The largest absolute Gasteiger partial charge is 0.483 e. The lowest BCUT2D eigenvalue weighted by Crippen LogP contribution is -2.40. The van der Waals surface area contributed by atoms with Gasteiger partial charge in [0.25, 0.3) is 0 Å². The van der Waals surface area contributed by atoms with Crippen molar-refractivity contribution in [2.45, 2.75) is 24.6 Å². The van der Waals surface area contributed by atoms with E-state index in [2.05, 4.69) is 4.52 Å². The maximum atomic E-state index is 12.3. The maximum Gasteiger partial charge on any atom is 0.483 e. The molecule has 0 rings (SSSR count). The van der Waals surface area contributed by atoms with Crippen LogP contribution in [-0.2, 0) is 9.09 Å². The number of hydrogen-bond donors (Lipinski definition) is 0. The van der Waals surface area contributed by atoms with E-state index in [4.69, 9.17) is 0 Å². The molecular weight excluding hydrogens is 344 g/mol. The topological polar surface area (TPSA) is 26.3 Å². The lowest BCUT2D eigenvalue weighted by molar-refractivity contribution is -0.361. The molecule has 0 amide bonds. The lowest BCUT2D eigenvalue weighted by Gasteiger charge is -2.27. The summed E-state index contributed by atoms with van der Waals surface area (Å²) in [5, 5.41) is 0. The summed E-state index contributed by atoms with van der Waals surface area (Å²) in [5.74, 6) is 0. The molecule has 0 aliphatic heterocycles. The third-order valence-electron chi connectivity index (χ3n) is 1.45. The highest BCUT2D eigenvalue weighted by Gasteiger charge is 2.64. The van der Waals surface area contributed by atoms with E-state index in [-0.39, 0.29) is 0 Å². The predicted molar refractivity (Wildman–Crippen MR) is 41.5 cm³/mol. The van der Waals surface area contributed by atoms with Crippen LogP contribution in [0.5, 0.6) is 0 Å². The second-order valence-corrected chi connectivity index (χ2v) is 5.91. The van der Waals surface area contributed by atoms with Crippen LogP contribution in [0.2, 0.25) is 0 Å². The Bertz CT molecular complexity index is 358. The monoisotopic (exact) mass is 348 g/mol. The Morgan fingerprint density at radius 2 is 1.00 bits per heavy atom. The van der Waals surface area contributed by atoms with Crippen LogP contribution in [0.1, 0.15) is 0 Å². The Morgan fingerprint density at radius 1 is 0.700 bits per heavy atom. The minimum Gasteiger partial charge on any atom is -0.292 e. The SMILES string of the molecule is O=P(CC(F)(F)F)(CC(F)(F)F)OC(F)(F)C(F)(F)F. The Morgan fingerprint density at radius 3 is 1.20 bits per heavy atom. The third-order valence-corrected chi connectivity index (χ3v) is 3.69. The number of rotatable bonds is 4. The summed E-state index contributed by atoms with van der Waals surface area (Å²) >= 11 is 0. The maximum absolute atomic E-state index is 12.3. The van der Waals surface area contributed by atoms with Crippen LogP contribution in [-0.4, -0.2) is 37.0 Å². The van der Waals surface area contributed by atoms with Gasteiger partial charge in [-0.1, -0.05) is 0 Å². The van der Waals surface area contributed by atoms with Crippen molar-refractivity contribution in [3.63, 3.8) is 0 Å². The normalized spacial score (nSPS) is 15.6. The average molecular weight is 348 g/mol. The molecule has 0 bridgehead atoms. The molecule has 0 aliphatic carbocycles. The number of halogens is 11. The highest BCUT2D eigenvalue weighted by atomic mass is 31.2. The Kier molecular flexibility index (Phi) is 5.16. The van der Waals surface area contributed by atoms with Crippen molar-refractivity contribution >= 4 is 7.37 Å². The number of alkyl halides is 11. The molecule has 0 saturated heterocycles. The first-order chi connectivity index (χ1) is 8.37. The first kappa shape index (κ1) is 19.4. The molecule has 20 heavy (non-hydrogen) atoms. The van der Waals surface area contributed by atoms with Crippen LogP contribution in [0.4, 0.5) is 48.3 Å². The minimum absolute atomic E-state index is 2.40. The van der Waals surface area contributed by atoms with E-state index < -0.39 is 44.3 Å². The Balaban J connectivity index is 5.41. The molecule has 122 valence electrons. The van der Waals surface area contributed by atoms with Gasteiger partial charge >= 0.3 is 24.6 Å². The first-order valence-corrected chi connectivity index (χ1v) is 6.23. The molecule has 0 aliphatic rings. The van der Waals surface area contributed by atoms with Crippen LogP contribution in [0.15, 0.2) is 0 Å². The van der Waals surface area contributed by atoms with E-state index in [1.54, 1.807) is 0 Å². The van der Waals surface area contributed by atoms with Crippen LogP contribution >= 0.6 is 7.37 Å². The summed E-state index contributed by atoms with van der Waals surface area (Å²) < 4.78 is 144. The summed E-state index contributed by atoms with van der Waals surface area (Å²) in [6, 6.07) is 0. The summed E-state index contributed by atoms with van der Waals surface area (Å²) in [6.07, 6.45) is -30.5. The van der Waals surface area contributed by atoms with Gasteiger partial charge in [0, 0.05) is 0 Å². The van der Waals surface area contributed by atoms with Crippen LogP contribution in [0.25, 0.3) is 0 Å². The Labute approximate surface area is 103 Å². The van der Waals surface area contributed by atoms with Gasteiger partial charge in [0.1, 0.15) is 12.3 Å². The number of hydrogen-bond acceptors (Lipinski definition) is 2. The van der Waals surface area contributed by atoms with Crippen molar-refractivity contribution in [1.29, 1.82) is 0 Å². The Hall–Kier alpha value is -0.580. The summed E-state index contributed by atoms with van der Waals surface area (Å²) in [4.78, 5) is 0. The molecule has 0 aromatic heterocycles. The summed E-state index contributed by atoms with van der Waals surface area (Å²) in [5.41, 5.74) is 0. The van der Waals surface area contributed by atoms with Crippen molar-refractivity contribution in [3.8, 4) is 0 Å². The van der Waals surface area contributed by atoms with Gasteiger partial charge in [0.15, 0.2) is 0 Å². The van der Waals surface area contributed by atoms with E-state index in [0.717, 1.165) is 0 Å². The lowest BCUT2D eigenvalue weighted by atomic mass is 10.6. The predicted octanol–water partition coefficient (Wildman–Crippen LogP) is 4.56. The van der Waals surface area contributed by atoms with Gasteiger partial charge in [-0.25, -0.2) is 0 Å². The molecule has 0 atom stereocenters. The van der Waals surface area contributed by atoms with E-state index in [1.165, 1.54) is 0 Å². The zero-order valence-electron chi connectivity index (χ0n) is 8.84. The molecular formula is C6H4F11O2P. The molecule has 0 heterocycles. The van der Waals surface area contributed by atoms with Crippen LogP contribution < -0.4 is 0 Å². The van der Waals surface area contributed by atoms with Crippen LogP contribution in [0, 0.1) is 0 Å². The van der Waals surface area contributed by atoms with Gasteiger partial charge in [-0.05, 0) is 0 Å². The molecule has 0 N–H and O–H groups in total. The zero-order valence-corrected chi connectivity index (χ0v) is 9.73. The highest BCUT2D eigenvalue weighted by molar-refractivity contribution is 7.59. The third kappa shape index (κ3) is 6.73. The average Bonchev–Trinajstić information content (AvgIpc) is 1.88. The molecule has 2 nitrogen and oxygen atoms in total. The first-order valence-electron chi connectivity index (χ1n) is 4.24. The van der Waals surface area contributed by atoms with Crippen molar-refractivity contribution < 1.29 is 57.4 Å². The highest BCUT2D eigenvalue weighted by Crippen LogP contribution is 2.59. The fourth-order valence-electron chi connectivity index (χ4n) is 0.927. The quantitative estimate of drug-likeness (QED) is 0.550. The molecule has 0 saturated carbocycles. The van der Waals surface area contributed by atoms with Gasteiger partial charge < -0.3 is 0 Å². The van der Waals surface area contributed by atoms with E-state index in [1.807, 2.05) is 0 Å². The second kappa shape index (κ2) is 5.32. The standard InChI is InChI=1S/C6H4F11O2P/c7-3(8,9)1-20(18,2-4(10,11)12)19-6(16,17)5(13,14)15/h1-2H2. The smallest absolute Gasteiger partial charge is 0.292 e. The van der Waals surface area contributed by atoms with Gasteiger partial charge in [-0.3, -0.25) is 9.09 Å². The second-order valence-electron chi connectivity index (χ2n) is 3.47. The molecule has 0 radical (unpaired) electrons. The molecule has 0 aromatic rings. The summed E-state index contributed by atoms with van der Waals surface area (Å²) in [6.45, 7) is 0. The minimum atomic E-state index is -6.61. The zero-order chi connectivity index (χ0) is 16.6. The fourth-order valence-corrected chi connectivity index (χ4v) is 2.78. The van der Waals surface area contributed by atoms with Crippen LogP contribution in [0.3, 0.4) is 0 Å². The van der Waals surface area contributed by atoms with Crippen molar-refractivity contribution in [1.82, 2.24) is 0 Å². The van der Waals surface area contributed by atoms with Gasteiger partial charge in [0.2, 0.25) is 7.37 Å².